The molecule has 0 spiro atoms. The highest BCUT2D eigenvalue weighted by molar-refractivity contribution is 5.28. The molecule has 106 valence electrons. The average Bonchev–Trinajstić information content (AvgIpc) is 2.47. The van der Waals surface area contributed by atoms with Gasteiger partial charge in [0, 0.05) is 6.42 Å². The second kappa shape index (κ2) is 6.71. The Hall–Kier alpha value is -1.60. The van der Waals surface area contributed by atoms with Crippen LogP contribution < -0.4 is 0 Å². The Kier molecular flexibility index (Phi) is 4.97. The highest BCUT2D eigenvalue weighted by Gasteiger charge is 2.22. The summed E-state index contributed by atoms with van der Waals surface area (Å²) >= 11 is 0. The van der Waals surface area contributed by atoms with Gasteiger partial charge in [0.2, 0.25) is 0 Å². The highest BCUT2D eigenvalue weighted by Crippen LogP contribution is 2.25. The molecule has 20 heavy (non-hydrogen) atoms. The quantitative estimate of drug-likeness (QED) is 0.819. The monoisotopic (exact) mass is 268 g/mol. The molecule has 0 aromatic heterocycles. The number of hydrogen-bond acceptors (Lipinski definition) is 1. The maximum Gasteiger partial charge on any atom is 0.0908 e. The van der Waals surface area contributed by atoms with E-state index in [1.54, 1.807) is 0 Å². The van der Waals surface area contributed by atoms with E-state index in [0.29, 0.717) is 6.42 Å². The highest BCUT2D eigenvalue weighted by atomic mass is 16.3. The molecule has 0 fully saturated rings. The second-order valence-electron chi connectivity index (χ2n) is 5.74. The summed E-state index contributed by atoms with van der Waals surface area (Å²) in [6.07, 6.45) is 4.25. The van der Waals surface area contributed by atoms with Gasteiger partial charge in [-0.1, -0.05) is 67.9 Å². The molecule has 2 aromatic carbocycles. The van der Waals surface area contributed by atoms with Crippen molar-refractivity contribution in [2.24, 2.45) is 0 Å². The molecule has 1 nitrogen and oxygen atoms in total. The summed E-state index contributed by atoms with van der Waals surface area (Å²) in [5.74, 6) is 0. The largest absolute Gasteiger partial charge is 0.385 e. The summed E-state index contributed by atoms with van der Waals surface area (Å²) in [5.41, 5.74) is 2.72. The first-order chi connectivity index (χ1) is 9.62. The third-order valence-electron chi connectivity index (χ3n) is 3.79. The van der Waals surface area contributed by atoms with Crippen molar-refractivity contribution in [3.05, 3.63) is 71.3 Å². The number of rotatable bonds is 6. The lowest BCUT2D eigenvalue weighted by Gasteiger charge is -2.24. The van der Waals surface area contributed by atoms with Gasteiger partial charge >= 0.3 is 0 Å². The van der Waals surface area contributed by atoms with E-state index in [9.17, 15) is 5.11 Å². The topological polar surface area (TPSA) is 20.2 Å². The van der Waals surface area contributed by atoms with Crippen molar-refractivity contribution < 1.29 is 5.11 Å². The van der Waals surface area contributed by atoms with Gasteiger partial charge in [0.15, 0.2) is 0 Å². The Labute approximate surface area is 122 Å². The zero-order valence-corrected chi connectivity index (χ0v) is 12.5. The third-order valence-corrected chi connectivity index (χ3v) is 3.79. The van der Waals surface area contributed by atoms with Gasteiger partial charge in [-0.05, 0) is 36.5 Å². The van der Waals surface area contributed by atoms with E-state index in [2.05, 4.69) is 31.2 Å². The minimum atomic E-state index is -0.813. The Bertz CT molecular complexity index is 511. The molecule has 2 aromatic rings. The van der Waals surface area contributed by atoms with Crippen molar-refractivity contribution in [1.29, 1.82) is 0 Å². The van der Waals surface area contributed by atoms with Gasteiger partial charge in [-0.15, -0.1) is 0 Å². The average molecular weight is 268 g/mol. The summed E-state index contributed by atoms with van der Waals surface area (Å²) in [5, 5.41) is 10.6. The molecule has 0 saturated carbocycles. The molecular weight excluding hydrogens is 244 g/mol. The summed E-state index contributed by atoms with van der Waals surface area (Å²) in [6, 6.07) is 18.5. The van der Waals surface area contributed by atoms with Crippen LogP contribution in [-0.2, 0) is 18.4 Å². The smallest absolute Gasteiger partial charge is 0.0908 e. The van der Waals surface area contributed by atoms with Gasteiger partial charge in [-0.3, -0.25) is 0 Å². The molecule has 0 aliphatic heterocycles. The molecule has 0 aliphatic carbocycles. The Morgan fingerprint density at radius 1 is 0.900 bits per heavy atom. The molecule has 2 rings (SSSR count). The lowest BCUT2D eigenvalue weighted by molar-refractivity contribution is 0.0576. The van der Waals surface area contributed by atoms with E-state index < -0.39 is 5.60 Å². The van der Waals surface area contributed by atoms with Crippen LogP contribution in [0.2, 0.25) is 0 Å². The van der Waals surface area contributed by atoms with E-state index >= 15 is 0 Å². The lowest BCUT2D eigenvalue weighted by Crippen LogP contribution is -2.24. The SMILES string of the molecule is CCCCc1ccc(CC(C)(O)c2ccccc2)cc1. The van der Waals surface area contributed by atoms with Crippen LogP contribution in [0.4, 0.5) is 0 Å². The van der Waals surface area contributed by atoms with Crippen LogP contribution in [0.3, 0.4) is 0 Å². The van der Waals surface area contributed by atoms with Crippen LogP contribution in [0.25, 0.3) is 0 Å². The van der Waals surface area contributed by atoms with Crippen molar-refractivity contribution in [2.45, 2.75) is 45.1 Å². The predicted molar refractivity (Wildman–Crippen MR) is 84.8 cm³/mol. The molecule has 0 amide bonds. The molecule has 0 saturated heterocycles. The number of aliphatic hydroxyl groups is 1. The molecule has 0 bridgehead atoms. The van der Waals surface area contributed by atoms with E-state index in [1.165, 1.54) is 24.0 Å². The predicted octanol–water partition coefficient (Wildman–Crippen LogP) is 4.48. The van der Waals surface area contributed by atoms with Crippen LogP contribution >= 0.6 is 0 Å². The molecule has 1 N–H and O–H groups in total. The van der Waals surface area contributed by atoms with E-state index in [4.69, 9.17) is 0 Å². The van der Waals surface area contributed by atoms with Gasteiger partial charge < -0.3 is 5.11 Å². The Morgan fingerprint density at radius 2 is 1.50 bits per heavy atom. The van der Waals surface area contributed by atoms with E-state index in [0.717, 1.165) is 12.0 Å². The minimum absolute atomic E-state index is 0.644. The number of aryl methyl sites for hydroxylation is 1. The normalized spacial score (nSPS) is 13.9. The third kappa shape index (κ3) is 3.94. The first-order valence-electron chi connectivity index (χ1n) is 7.47. The molecule has 1 heteroatoms. The van der Waals surface area contributed by atoms with Gasteiger partial charge in [-0.2, -0.15) is 0 Å². The zero-order valence-electron chi connectivity index (χ0n) is 12.5. The van der Waals surface area contributed by atoms with E-state index in [1.807, 2.05) is 37.3 Å². The van der Waals surface area contributed by atoms with Gasteiger partial charge in [-0.25, -0.2) is 0 Å². The standard InChI is InChI=1S/C19H24O/c1-3-4-8-16-11-13-17(14-12-16)15-19(2,20)18-9-6-5-7-10-18/h5-7,9-14,20H,3-4,8,15H2,1-2H3. The maximum absolute atomic E-state index is 10.6. The van der Waals surface area contributed by atoms with Crippen LogP contribution in [-0.4, -0.2) is 5.11 Å². The van der Waals surface area contributed by atoms with Crippen LogP contribution in [0.15, 0.2) is 54.6 Å². The van der Waals surface area contributed by atoms with Gasteiger partial charge in [0.25, 0.3) is 0 Å². The number of benzene rings is 2. The fourth-order valence-corrected chi connectivity index (χ4v) is 2.50. The van der Waals surface area contributed by atoms with Crippen molar-refractivity contribution in [3.63, 3.8) is 0 Å². The van der Waals surface area contributed by atoms with Crippen LogP contribution in [0, 0.1) is 0 Å². The van der Waals surface area contributed by atoms with Crippen molar-refractivity contribution in [2.75, 3.05) is 0 Å². The Balaban J connectivity index is 2.06. The van der Waals surface area contributed by atoms with Crippen LogP contribution in [0.1, 0.15) is 43.4 Å². The summed E-state index contributed by atoms with van der Waals surface area (Å²) in [7, 11) is 0. The minimum Gasteiger partial charge on any atom is -0.385 e. The summed E-state index contributed by atoms with van der Waals surface area (Å²) in [6.45, 7) is 4.10. The fourth-order valence-electron chi connectivity index (χ4n) is 2.50. The molecule has 1 unspecified atom stereocenters. The summed E-state index contributed by atoms with van der Waals surface area (Å²) in [4.78, 5) is 0. The first-order valence-corrected chi connectivity index (χ1v) is 7.47. The first kappa shape index (κ1) is 14.8. The fraction of sp³-hybridized carbons (Fsp3) is 0.368. The number of hydrogen-bond donors (Lipinski definition) is 1. The van der Waals surface area contributed by atoms with Crippen LogP contribution in [0.5, 0.6) is 0 Å². The van der Waals surface area contributed by atoms with Gasteiger partial charge in [0.05, 0.1) is 5.60 Å². The molecule has 0 aliphatic rings. The van der Waals surface area contributed by atoms with Crippen molar-refractivity contribution in [3.8, 4) is 0 Å². The number of unbranched alkanes of at least 4 members (excludes halogenated alkanes) is 1. The van der Waals surface area contributed by atoms with Crippen molar-refractivity contribution in [1.82, 2.24) is 0 Å². The Morgan fingerprint density at radius 3 is 2.10 bits per heavy atom. The summed E-state index contributed by atoms with van der Waals surface area (Å²) < 4.78 is 0. The maximum atomic E-state index is 10.6. The zero-order chi connectivity index (χ0) is 14.4. The second-order valence-corrected chi connectivity index (χ2v) is 5.74. The van der Waals surface area contributed by atoms with Crippen molar-refractivity contribution >= 4 is 0 Å². The molecular formula is C19H24O. The molecule has 0 radical (unpaired) electrons. The molecule has 0 heterocycles. The van der Waals surface area contributed by atoms with Gasteiger partial charge in [0.1, 0.15) is 0 Å². The lowest BCUT2D eigenvalue weighted by atomic mass is 9.89. The van der Waals surface area contributed by atoms with E-state index in [-0.39, 0.29) is 0 Å². The molecule has 1 atom stereocenters.